The van der Waals surface area contributed by atoms with Crippen LogP contribution in [0.25, 0.3) is 0 Å². The van der Waals surface area contributed by atoms with Crippen molar-refractivity contribution in [2.24, 2.45) is 11.8 Å². The fourth-order valence-electron chi connectivity index (χ4n) is 0.756. The Labute approximate surface area is 81.7 Å². The summed E-state index contributed by atoms with van der Waals surface area (Å²) in [6.07, 6.45) is 5.06. The molecule has 0 saturated heterocycles. The summed E-state index contributed by atoms with van der Waals surface area (Å²) in [5.41, 5.74) is 0. The lowest BCUT2D eigenvalue weighted by atomic mass is 10.2. The van der Waals surface area contributed by atoms with E-state index in [9.17, 15) is 9.59 Å². The lowest BCUT2D eigenvalue weighted by Gasteiger charge is -1.94. The first-order chi connectivity index (χ1) is 6.70. The summed E-state index contributed by atoms with van der Waals surface area (Å²) in [5.74, 6) is 8.32. The van der Waals surface area contributed by atoms with Gasteiger partial charge < -0.3 is 9.68 Å². The number of carbonyl (C=O) groups is 2. The van der Waals surface area contributed by atoms with Gasteiger partial charge in [-0.2, -0.15) is 11.8 Å². The number of carbonyl (C=O) groups excluding carboxylic acids is 2. The molecule has 14 heavy (non-hydrogen) atoms. The van der Waals surface area contributed by atoms with Gasteiger partial charge in [-0.15, -0.1) is 0 Å². The largest absolute Gasteiger partial charge is 0.373 e. The highest BCUT2D eigenvalue weighted by Gasteiger charge is 1.98. The van der Waals surface area contributed by atoms with Gasteiger partial charge in [0.2, 0.25) is 0 Å². The van der Waals surface area contributed by atoms with E-state index in [0.717, 1.165) is 0 Å². The third kappa shape index (κ3) is 7.26. The van der Waals surface area contributed by atoms with Crippen LogP contribution in [-0.2, 0) is 19.3 Å². The quantitative estimate of drug-likeness (QED) is 0.461. The molecule has 0 unspecified atom stereocenters. The standard InChI is InChI=1S/C8H14N2O4/c9-13-7(11)5-3-1-2-4-6-8(12)14-10/h1-2H,3-6,9-10H2/b2-1-. The summed E-state index contributed by atoms with van der Waals surface area (Å²) < 4.78 is 0. The van der Waals surface area contributed by atoms with E-state index in [1.54, 1.807) is 12.2 Å². The first-order valence-electron chi connectivity index (χ1n) is 4.14. The van der Waals surface area contributed by atoms with E-state index < -0.39 is 11.9 Å². The predicted octanol–water partition coefficient (Wildman–Crippen LogP) is -0.0632. The molecule has 0 atom stereocenters. The molecular weight excluding hydrogens is 188 g/mol. The molecule has 0 aliphatic rings. The first kappa shape index (κ1) is 12.6. The molecule has 0 aromatic carbocycles. The molecular formula is C8H14N2O4. The fourth-order valence-corrected chi connectivity index (χ4v) is 0.756. The van der Waals surface area contributed by atoms with Crippen LogP contribution >= 0.6 is 0 Å². The molecule has 0 bridgehead atoms. The summed E-state index contributed by atoms with van der Waals surface area (Å²) in [6, 6.07) is 0. The molecule has 6 nitrogen and oxygen atoms in total. The molecule has 0 fully saturated rings. The molecule has 0 amide bonds. The Morgan fingerprint density at radius 3 is 1.57 bits per heavy atom. The Balaban J connectivity index is 3.36. The van der Waals surface area contributed by atoms with Crippen molar-refractivity contribution in [2.45, 2.75) is 25.7 Å². The van der Waals surface area contributed by atoms with Crippen molar-refractivity contribution in [3.63, 3.8) is 0 Å². The Morgan fingerprint density at radius 1 is 0.929 bits per heavy atom. The Morgan fingerprint density at radius 2 is 1.29 bits per heavy atom. The lowest BCUT2D eigenvalue weighted by molar-refractivity contribution is -0.145. The van der Waals surface area contributed by atoms with E-state index in [1.165, 1.54) is 0 Å². The van der Waals surface area contributed by atoms with Gasteiger partial charge in [-0.1, -0.05) is 12.2 Å². The van der Waals surface area contributed by atoms with Gasteiger partial charge in [0.25, 0.3) is 0 Å². The molecule has 0 heterocycles. The molecule has 6 heteroatoms. The number of rotatable bonds is 6. The zero-order chi connectivity index (χ0) is 10.8. The van der Waals surface area contributed by atoms with Crippen LogP contribution in [0.15, 0.2) is 12.2 Å². The van der Waals surface area contributed by atoms with Gasteiger partial charge in [0.05, 0.1) is 12.8 Å². The zero-order valence-corrected chi connectivity index (χ0v) is 7.77. The summed E-state index contributed by atoms with van der Waals surface area (Å²) in [7, 11) is 0. The van der Waals surface area contributed by atoms with Gasteiger partial charge in [-0.3, -0.25) is 9.59 Å². The van der Waals surface area contributed by atoms with Crippen molar-refractivity contribution in [1.82, 2.24) is 0 Å². The second-order valence-corrected chi connectivity index (χ2v) is 2.53. The average Bonchev–Trinajstić information content (AvgIpc) is 2.22. The van der Waals surface area contributed by atoms with E-state index in [-0.39, 0.29) is 12.8 Å². The van der Waals surface area contributed by atoms with Crippen molar-refractivity contribution in [1.29, 1.82) is 0 Å². The van der Waals surface area contributed by atoms with Crippen molar-refractivity contribution in [3.05, 3.63) is 12.2 Å². The second kappa shape index (κ2) is 8.21. The molecule has 4 N–H and O–H groups in total. The Kier molecular flexibility index (Phi) is 7.39. The second-order valence-electron chi connectivity index (χ2n) is 2.53. The third-order valence-corrected chi connectivity index (χ3v) is 1.46. The van der Waals surface area contributed by atoms with E-state index >= 15 is 0 Å². The molecule has 0 rings (SSSR count). The smallest absolute Gasteiger partial charge is 0.324 e. The molecule has 0 aromatic heterocycles. The SMILES string of the molecule is NOC(=O)CC/C=C\CCC(=O)ON. The molecule has 0 aliphatic carbocycles. The van der Waals surface area contributed by atoms with Crippen LogP contribution in [0.5, 0.6) is 0 Å². The van der Waals surface area contributed by atoms with Gasteiger partial charge in [0, 0.05) is 0 Å². The van der Waals surface area contributed by atoms with Crippen molar-refractivity contribution in [2.75, 3.05) is 0 Å². The van der Waals surface area contributed by atoms with Crippen LogP contribution in [0.1, 0.15) is 25.7 Å². The Bertz CT molecular complexity index is 193. The van der Waals surface area contributed by atoms with Crippen LogP contribution in [0.2, 0.25) is 0 Å². The maximum absolute atomic E-state index is 10.5. The third-order valence-electron chi connectivity index (χ3n) is 1.46. The van der Waals surface area contributed by atoms with E-state index in [4.69, 9.17) is 0 Å². The number of allylic oxidation sites excluding steroid dienone is 2. The van der Waals surface area contributed by atoms with Gasteiger partial charge in [-0.25, -0.2) is 0 Å². The number of hydrogen-bond donors (Lipinski definition) is 2. The van der Waals surface area contributed by atoms with Gasteiger partial charge in [-0.05, 0) is 12.8 Å². The van der Waals surface area contributed by atoms with Crippen LogP contribution < -0.4 is 11.8 Å². The highest BCUT2D eigenvalue weighted by Crippen LogP contribution is 1.97. The molecule has 0 saturated carbocycles. The average molecular weight is 202 g/mol. The lowest BCUT2D eigenvalue weighted by Crippen LogP contribution is -2.09. The monoisotopic (exact) mass is 202 g/mol. The molecule has 0 spiro atoms. The maximum atomic E-state index is 10.5. The summed E-state index contributed by atoms with van der Waals surface area (Å²) in [4.78, 5) is 29.0. The van der Waals surface area contributed by atoms with Gasteiger partial charge in [0.15, 0.2) is 0 Å². The molecule has 80 valence electrons. The van der Waals surface area contributed by atoms with E-state index in [2.05, 4.69) is 21.5 Å². The van der Waals surface area contributed by atoms with E-state index in [0.29, 0.717) is 12.8 Å². The van der Waals surface area contributed by atoms with Crippen LogP contribution in [0, 0.1) is 0 Å². The topological polar surface area (TPSA) is 105 Å². The first-order valence-corrected chi connectivity index (χ1v) is 4.14. The predicted molar refractivity (Wildman–Crippen MR) is 48.2 cm³/mol. The van der Waals surface area contributed by atoms with Crippen molar-refractivity contribution in [3.8, 4) is 0 Å². The van der Waals surface area contributed by atoms with Gasteiger partial charge >= 0.3 is 11.9 Å². The fraction of sp³-hybridized carbons (Fsp3) is 0.500. The van der Waals surface area contributed by atoms with Crippen LogP contribution in [-0.4, -0.2) is 11.9 Å². The summed E-state index contributed by atoms with van der Waals surface area (Å²) in [6.45, 7) is 0. The Hall–Kier alpha value is -1.40. The number of nitrogens with two attached hydrogens (primary N) is 2. The van der Waals surface area contributed by atoms with Crippen molar-refractivity contribution >= 4 is 11.9 Å². The van der Waals surface area contributed by atoms with Crippen LogP contribution in [0.3, 0.4) is 0 Å². The zero-order valence-electron chi connectivity index (χ0n) is 7.77. The highest BCUT2D eigenvalue weighted by atomic mass is 16.7. The van der Waals surface area contributed by atoms with Crippen LogP contribution in [0.4, 0.5) is 0 Å². The minimum absolute atomic E-state index is 0.230. The molecule has 0 aliphatic heterocycles. The minimum Gasteiger partial charge on any atom is -0.373 e. The van der Waals surface area contributed by atoms with Gasteiger partial charge in [0.1, 0.15) is 0 Å². The number of hydrogen-bond acceptors (Lipinski definition) is 6. The molecule has 0 aromatic rings. The minimum atomic E-state index is -0.462. The summed E-state index contributed by atoms with van der Waals surface area (Å²) in [5, 5.41) is 0. The van der Waals surface area contributed by atoms with Crippen molar-refractivity contribution < 1.29 is 19.3 Å². The molecule has 0 radical (unpaired) electrons. The highest BCUT2D eigenvalue weighted by molar-refractivity contribution is 5.69. The normalized spacial score (nSPS) is 10.1. The maximum Gasteiger partial charge on any atom is 0.324 e. The summed E-state index contributed by atoms with van der Waals surface area (Å²) >= 11 is 0. The van der Waals surface area contributed by atoms with E-state index in [1.807, 2.05) is 0 Å².